The van der Waals surface area contributed by atoms with Crippen LogP contribution >= 0.6 is 0 Å². The van der Waals surface area contributed by atoms with E-state index in [1.165, 1.54) is 61.3 Å². The molecule has 0 amide bonds. The lowest BCUT2D eigenvalue weighted by molar-refractivity contribution is 0.634. The molecule has 25 heavy (non-hydrogen) atoms. The summed E-state index contributed by atoms with van der Waals surface area (Å²) in [5.41, 5.74) is 6.88. The predicted octanol–water partition coefficient (Wildman–Crippen LogP) is 3.88. The minimum atomic E-state index is 0.865. The minimum Gasteiger partial charge on any atom is -0.394 e. The van der Waals surface area contributed by atoms with Gasteiger partial charge in [-0.15, -0.1) is 0 Å². The molecule has 4 nitrogen and oxygen atoms in total. The molecule has 0 unspecified atom stereocenters. The summed E-state index contributed by atoms with van der Waals surface area (Å²) in [6.45, 7) is 4.54. The zero-order valence-electron chi connectivity index (χ0n) is 15.8. The van der Waals surface area contributed by atoms with Crippen LogP contribution in [0.5, 0.6) is 0 Å². The van der Waals surface area contributed by atoms with Gasteiger partial charge in [-0.1, -0.05) is 12.2 Å². The fourth-order valence-electron chi connectivity index (χ4n) is 3.80. The van der Waals surface area contributed by atoms with Gasteiger partial charge in [0.25, 0.3) is 0 Å². The summed E-state index contributed by atoms with van der Waals surface area (Å²) in [6.07, 6.45) is 13.9. The first-order valence-corrected chi connectivity index (χ1v) is 9.36. The van der Waals surface area contributed by atoms with Crippen LogP contribution in [0, 0.1) is 0 Å². The second-order valence-electron chi connectivity index (χ2n) is 6.95. The lowest BCUT2D eigenvalue weighted by Gasteiger charge is -2.37. The largest absolute Gasteiger partial charge is 0.394 e. The normalized spacial score (nSPS) is 17.2. The molecular formula is C21H30N4. The van der Waals surface area contributed by atoms with Gasteiger partial charge in [0.2, 0.25) is 0 Å². The molecule has 0 radical (unpaired) electrons. The Morgan fingerprint density at radius 3 is 2.52 bits per heavy atom. The lowest BCUT2D eigenvalue weighted by atomic mass is 9.91. The van der Waals surface area contributed by atoms with E-state index in [2.05, 4.69) is 42.4 Å². The van der Waals surface area contributed by atoms with Crippen molar-refractivity contribution in [2.24, 2.45) is 5.10 Å². The molecule has 0 aliphatic carbocycles. The third kappa shape index (κ3) is 4.25. The van der Waals surface area contributed by atoms with Crippen LogP contribution in [0.1, 0.15) is 37.3 Å². The van der Waals surface area contributed by atoms with Crippen molar-refractivity contribution in [1.29, 1.82) is 0 Å². The molecular weight excluding hydrogens is 308 g/mol. The second kappa shape index (κ2) is 8.24. The maximum absolute atomic E-state index is 4.77. The van der Waals surface area contributed by atoms with Crippen molar-refractivity contribution in [3.8, 4) is 0 Å². The molecule has 0 saturated carbocycles. The maximum Gasteiger partial charge on any atom is 0.0597 e. The number of nitrogens with zero attached hydrogens (tertiary/aromatic N) is 3. The topological polar surface area (TPSA) is 30.9 Å². The summed E-state index contributed by atoms with van der Waals surface area (Å²) in [5, 5.41) is 9.79. The third-order valence-corrected chi connectivity index (χ3v) is 4.93. The van der Waals surface area contributed by atoms with Crippen molar-refractivity contribution < 1.29 is 0 Å². The molecule has 1 aromatic carbocycles. The van der Waals surface area contributed by atoms with Crippen LogP contribution in [0.15, 0.2) is 41.7 Å². The van der Waals surface area contributed by atoms with Gasteiger partial charge in [0.15, 0.2) is 0 Å². The predicted molar refractivity (Wildman–Crippen MR) is 109 cm³/mol. The Hall–Kier alpha value is -2.23. The van der Waals surface area contributed by atoms with Crippen molar-refractivity contribution in [3.63, 3.8) is 0 Å². The SMILES string of the molecule is CN/C=C\C=C/C/C(C)=N/N(C)c1cc2c3c(c1)CCCN3CCC2. The van der Waals surface area contributed by atoms with Gasteiger partial charge in [-0.3, -0.25) is 5.01 Å². The zero-order valence-corrected chi connectivity index (χ0v) is 15.8. The van der Waals surface area contributed by atoms with Crippen LogP contribution in [0.25, 0.3) is 0 Å². The number of hydrogen-bond donors (Lipinski definition) is 1. The molecule has 0 spiro atoms. The first kappa shape index (κ1) is 17.6. The van der Waals surface area contributed by atoms with Gasteiger partial charge >= 0.3 is 0 Å². The molecule has 0 atom stereocenters. The number of aryl methyl sites for hydroxylation is 2. The highest BCUT2D eigenvalue weighted by atomic mass is 15.4. The minimum absolute atomic E-state index is 0.865. The molecule has 0 bridgehead atoms. The van der Waals surface area contributed by atoms with Crippen LogP contribution in [-0.4, -0.2) is 32.9 Å². The Balaban J connectivity index is 1.74. The van der Waals surface area contributed by atoms with E-state index in [4.69, 9.17) is 5.10 Å². The van der Waals surface area contributed by atoms with Crippen molar-refractivity contribution in [1.82, 2.24) is 5.32 Å². The van der Waals surface area contributed by atoms with Crippen molar-refractivity contribution >= 4 is 17.1 Å². The molecule has 1 N–H and O–H groups in total. The Bertz CT molecular complexity index is 656. The van der Waals surface area contributed by atoms with Crippen LogP contribution in [-0.2, 0) is 12.8 Å². The molecule has 0 fully saturated rings. The van der Waals surface area contributed by atoms with Gasteiger partial charge < -0.3 is 10.2 Å². The zero-order chi connectivity index (χ0) is 17.6. The Morgan fingerprint density at radius 1 is 1.20 bits per heavy atom. The Morgan fingerprint density at radius 2 is 1.88 bits per heavy atom. The molecule has 0 aromatic heterocycles. The molecule has 4 heteroatoms. The number of anilines is 2. The van der Waals surface area contributed by atoms with Crippen molar-refractivity contribution in [2.75, 3.05) is 37.1 Å². The molecule has 134 valence electrons. The fourth-order valence-corrected chi connectivity index (χ4v) is 3.80. The number of rotatable bonds is 6. The number of nitrogens with one attached hydrogen (secondary N) is 1. The van der Waals surface area contributed by atoms with Crippen molar-refractivity contribution in [2.45, 2.75) is 39.0 Å². The average Bonchev–Trinajstić information content (AvgIpc) is 2.62. The number of benzene rings is 1. The van der Waals surface area contributed by atoms with E-state index in [0.717, 1.165) is 12.1 Å². The van der Waals surface area contributed by atoms with E-state index in [9.17, 15) is 0 Å². The highest BCUT2D eigenvalue weighted by Gasteiger charge is 2.24. The van der Waals surface area contributed by atoms with Crippen LogP contribution < -0.4 is 15.2 Å². The van der Waals surface area contributed by atoms with E-state index in [0.29, 0.717) is 0 Å². The molecule has 2 aliphatic rings. The molecule has 2 heterocycles. The first-order chi connectivity index (χ1) is 12.2. The van der Waals surface area contributed by atoms with E-state index in [-0.39, 0.29) is 0 Å². The van der Waals surface area contributed by atoms with Gasteiger partial charge in [0, 0.05) is 45.0 Å². The molecule has 3 rings (SSSR count). The summed E-state index contributed by atoms with van der Waals surface area (Å²) >= 11 is 0. The van der Waals surface area contributed by atoms with Crippen LogP contribution in [0.4, 0.5) is 11.4 Å². The van der Waals surface area contributed by atoms with Gasteiger partial charge in [-0.25, -0.2) is 0 Å². The fraction of sp³-hybridized carbons (Fsp3) is 0.476. The molecule has 0 saturated heterocycles. The lowest BCUT2D eigenvalue weighted by Crippen LogP contribution is -2.34. The molecule has 1 aromatic rings. The Labute approximate surface area is 151 Å². The smallest absolute Gasteiger partial charge is 0.0597 e. The van der Waals surface area contributed by atoms with E-state index in [1.54, 1.807) is 0 Å². The summed E-state index contributed by atoms with van der Waals surface area (Å²) in [4.78, 5) is 2.58. The Kier molecular flexibility index (Phi) is 5.79. The van der Waals surface area contributed by atoms with Gasteiger partial charge in [0.1, 0.15) is 0 Å². The number of hydrogen-bond acceptors (Lipinski definition) is 4. The molecule has 2 aliphatic heterocycles. The van der Waals surface area contributed by atoms with E-state index >= 15 is 0 Å². The van der Waals surface area contributed by atoms with Gasteiger partial charge in [0.05, 0.1) is 5.69 Å². The summed E-state index contributed by atoms with van der Waals surface area (Å²) in [5.74, 6) is 0. The van der Waals surface area contributed by atoms with Crippen LogP contribution in [0.3, 0.4) is 0 Å². The first-order valence-electron chi connectivity index (χ1n) is 9.36. The quantitative estimate of drug-likeness (QED) is 0.485. The number of allylic oxidation sites excluding steroid dienone is 3. The summed E-state index contributed by atoms with van der Waals surface area (Å²) in [6, 6.07) is 4.69. The van der Waals surface area contributed by atoms with E-state index in [1.807, 2.05) is 30.4 Å². The van der Waals surface area contributed by atoms with E-state index < -0.39 is 0 Å². The average molecular weight is 338 g/mol. The highest BCUT2D eigenvalue weighted by molar-refractivity contribution is 5.84. The maximum atomic E-state index is 4.77. The van der Waals surface area contributed by atoms with Crippen molar-refractivity contribution in [3.05, 3.63) is 47.7 Å². The third-order valence-electron chi connectivity index (χ3n) is 4.93. The second-order valence-corrected chi connectivity index (χ2v) is 6.95. The summed E-state index contributed by atoms with van der Waals surface area (Å²) < 4.78 is 0. The van der Waals surface area contributed by atoms with Gasteiger partial charge in [-0.05, 0) is 68.1 Å². The number of hydrazone groups is 1. The van der Waals surface area contributed by atoms with Gasteiger partial charge in [-0.2, -0.15) is 5.10 Å². The standard InChI is InChI=1S/C21H30N4/c1-17(9-5-4-6-12-22-2)23-24(3)20-15-18-10-7-13-25-14-8-11-19(16-20)21(18)25/h4-6,12,15-16,22H,7-11,13-14H2,1-3H3/b5-4-,12-6-,23-17+. The summed E-state index contributed by atoms with van der Waals surface area (Å²) in [7, 11) is 3.96. The highest BCUT2D eigenvalue weighted by Crippen LogP contribution is 2.38. The van der Waals surface area contributed by atoms with Crippen LogP contribution in [0.2, 0.25) is 0 Å². The monoisotopic (exact) mass is 338 g/mol.